The summed E-state index contributed by atoms with van der Waals surface area (Å²) in [6.07, 6.45) is 0.716. The van der Waals surface area contributed by atoms with Gasteiger partial charge in [0.25, 0.3) is 0 Å². The smallest absolute Gasteiger partial charge is 0.242 e. The van der Waals surface area contributed by atoms with E-state index in [2.05, 4.69) is 5.32 Å². The van der Waals surface area contributed by atoms with Gasteiger partial charge in [-0.05, 0) is 48.4 Å². The largest absolute Gasteiger partial charge is 0.492 e. The fourth-order valence-corrected chi connectivity index (χ4v) is 3.86. The van der Waals surface area contributed by atoms with Gasteiger partial charge in [0.05, 0.1) is 11.4 Å². The van der Waals surface area contributed by atoms with E-state index < -0.39 is 10.0 Å². The SMILES string of the molecule is CN(C)S(=O)(=O)c1ccc(OCCNC(=O)CCc2c(Cl)cccc2Cl)cc1. The molecule has 0 fully saturated rings. The number of nitrogens with one attached hydrogen (secondary N) is 1. The Labute approximate surface area is 175 Å². The van der Waals surface area contributed by atoms with E-state index in [0.717, 1.165) is 9.87 Å². The molecule has 2 rings (SSSR count). The summed E-state index contributed by atoms with van der Waals surface area (Å²) < 4.78 is 30.7. The lowest BCUT2D eigenvalue weighted by molar-refractivity contribution is -0.121. The Bertz CT molecular complexity index is 896. The number of rotatable bonds is 9. The molecule has 0 unspecified atom stereocenters. The maximum atomic E-state index is 12.0. The number of sulfonamides is 1. The van der Waals surface area contributed by atoms with Crippen molar-refractivity contribution in [1.82, 2.24) is 9.62 Å². The zero-order valence-electron chi connectivity index (χ0n) is 15.6. The topological polar surface area (TPSA) is 75.7 Å². The second-order valence-electron chi connectivity index (χ2n) is 6.16. The van der Waals surface area contributed by atoms with Crippen LogP contribution >= 0.6 is 23.2 Å². The highest BCUT2D eigenvalue weighted by Gasteiger charge is 2.16. The van der Waals surface area contributed by atoms with E-state index in [-0.39, 0.29) is 23.8 Å². The number of benzene rings is 2. The highest BCUT2D eigenvalue weighted by atomic mass is 35.5. The van der Waals surface area contributed by atoms with Crippen molar-refractivity contribution < 1.29 is 17.9 Å². The van der Waals surface area contributed by atoms with Crippen molar-refractivity contribution in [3.05, 3.63) is 58.1 Å². The summed E-state index contributed by atoms with van der Waals surface area (Å²) >= 11 is 12.2. The lowest BCUT2D eigenvalue weighted by Crippen LogP contribution is -2.28. The van der Waals surface area contributed by atoms with Gasteiger partial charge in [-0.2, -0.15) is 0 Å². The zero-order chi connectivity index (χ0) is 20.7. The molecule has 0 saturated carbocycles. The molecule has 9 heteroatoms. The molecule has 0 radical (unpaired) electrons. The predicted octanol–water partition coefficient (Wildman–Crippen LogP) is 3.37. The Kier molecular flexibility index (Phi) is 8.12. The molecule has 28 heavy (non-hydrogen) atoms. The summed E-state index contributed by atoms with van der Waals surface area (Å²) in [5.41, 5.74) is 0.755. The number of amides is 1. The summed E-state index contributed by atoms with van der Waals surface area (Å²) in [4.78, 5) is 12.1. The summed E-state index contributed by atoms with van der Waals surface area (Å²) in [6.45, 7) is 0.588. The van der Waals surface area contributed by atoms with Crippen molar-refractivity contribution in [2.24, 2.45) is 0 Å². The number of carbonyl (C=O) groups excluding carboxylic acids is 1. The van der Waals surface area contributed by atoms with E-state index in [1.807, 2.05) is 0 Å². The minimum Gasteiger partial charge on any atom is -0.492 e. The first-order valence-electron chi connectivity index (χ1n) is 8.57. The number of ether oxygens (including phenoxy) is 1. The van der Waals surface area contributed by atoms with Crippen LogP contribution < -0.4 is 10.1 Å². The van der Waals surface area contributed by atoms with Crippen LogP contribution in [0.1, 0.15) is 12.0 Å². The van der Waals surface area contributed by atoms with Gasteiger partial charge in [0.1, 0.15) is 12.4 Å². The van der Waals surface area contributed by atoms with Gasteiger partial charge in [-0.15, -0.1) is 0 Å². The molecule has 0 aromatic heterocycles. The molecule has 0 saturated heterocycles. The van der Waals surface area contributed by atoms with E-state index in [1.165, 1.54) is 26.2 Å². The quantitative estimate of drug-likeness (QED) is 0.601. The average molecular weight is 445 g/mol. The van der Waals surface area contributed by atoms with Gasteiger partial charge < -0.3 is 10.1 Å². The first-order chi connectivity index (χ1) is 13.2. The molecular formula is C19H22Cl2N2O4S. The molecule has 6 nitrogen and oxygen atoms in total. The van der Waals surface area contributed by atoms with Crippen LogP contribution in [-0.4, -0.2) is 45.9 Å². The van der Waals surface area contributed by atoms with Gasteiger partial charge in [-0.3, -0.25) is 4.79 Å². The number of halogens is 2. The fourth-order valence-electron chi connectivity index (χ4n) is 2.38. The van der Waals surface area contributed by atoms with Gasteiger partial charge in [-0.25, -0.2) is 12.7 Å². The highest BCUT2D eigenvalue weighted by Crippen LogP contribution is 2.25. The lowest BCUT2D eigenvalue weighted by atomic mass is 10.1. The van der Waals surface area contributed by atoms with Crippen LogP contribution in [0.15, 0.2) is 47.4 Å². The van der Waals surface area contributed by atoms with E-state index in [4.69, 9.17) is 27.9 Å². The molecule has 0 spiro atoms. The van der Waals surface area contributed by atoms with E-state index in [0.29, 0.717) is 28.8 Å². The second-order valence-corrected chi connectivity index (χ2v) is 9.12. The number of carbonyl (C=O) groups is 1. The summed E-state index contributed by atoms with van der Waals surface area (Å²) in [7, 11) is -0.515. The maximum Gasteiger partial charge on any atom is 0.242 e. The standard InChI is InChI=1S/C19H22Cl2N2O4S/c1-23(2)28(25,26)15-8-6-14(7-9-15)27-13-12-22-19(24)11-10-16-17(20)4-3-5-18(16)21/h3-9H,10-13H2,1-2H3,(H,22,24). The zero-order valence-corrected chi connectivity index (χ0v) is 17.9. The first kappa shape index (κ1) is 22.5. The Morgan fingerprint density at radius 1 is 1.07 bits per heavy atom. The van der Waals surface area contributed by atoms with Gasteiger partial charge in [0.15, 0.2) is 0 Å². The van der Waals surface area contributed by atoms with Gasteiger partial charge >= 0.3 is 0 Å². The molecule has 152 valence electrons. The molecule has 2 aromatic carbocycles. The molecule has 0 bridgehead atoms. The molecule has 1 N–H and O–H groups in total. The van der Waals surface area contributed by atoms with Gasteiger partial charge in [0, 0.05) is 30.6 Å². The minimum atomic E-state index is -3.46. The van der Waals surface area contributed by atoms with E-state index in [9.17, 15) is 13.2 Å². The Morgan fingerprint density at radius 3 is 2.25 bits per heavy atom. The minimum absolute atomic E-state index is 0.132. The van der Waals surface area contributed by atoms with Crippen molar-refractivity contribution >= 4 is 39.1 Å². The van der Waals surface area contributed by atoms with Crippen molar-refractivity contribution in [1.29, 1.82) is 0 Å². The third-order valence-corrected chi connectivity index (χ3v) is 6.50. The number of hydrogen-bond acceptors (Lipinski definition) is 4. The van der Waals surface area contributed by atoms with Crippen LogP contribution in [0, 0.1) is 0 Å². The molecule has 0 heterocycles. The monoisotopic (exact) mass is 444 g/mol. The Balaban J connectivity index is 1.74. The van der Waals surface area contributed by atoms with Crippen LogP contribution in [0.3, 0.4) is 0 Å². The van der Waals surface area contributed by atoms with Crippen LogP contribution in [0.5, 0.6) is 5.75 Å². The second kappa shape index (κ2) is 10.1. The molecule has 1 amide bonds. The summed E-state index contributed by atoms with van der Waals surface area (Å²) in [6, 6.07) is 11.4. The Morgan fingerprint density at radius 2 is 1.68 bits per heavy atom. The van der Waals surface area contributed by atoms with Crippen LogP contribution in [0.25, 0.3) is 0 Å². The Hall–Kier alpha value is -1.80. The number of nitrogens with zero attached hydrogens (tertiary/aromatic N) is 1. The van der Waals surface area contributed by atoms with Crippen LogP contribution in [0.4, 0.5) is 0 Å². The normalized spacial score (nSPS) is 11.5. The molecule has 0 atom stereocenters. The maximum absolute atomic E-state index is 12.0. The molecule has 2 aromatic rings. The number of hydrogen-bond donors (Lipinski definition) is 1. The van der Waals surface area contributed by atoms with Crippen molar-refractivity contribution in [3.8, 4) is 5.75 Å². The van der Waals surface area contributed by atoms with E-state index >= 15 is 0 Å². The molecule has 0 aliphatic rings. The van der Waals surface area contributed by atoms with Crippen molar-refractivity contribution in [2.45, 2.75) is 17.7 Å². The van der Waals surface area contributed by atoms with Gasteiger partial charge in [0.2, 0.25) is 15.9 Å². The molecular weight excluding hydrogens is 423 g/mol. The highest BCUT2D eigenvalue weighted by molar-refractivity contribution is 7.89. The van der Waals surface area contributed by atoms with Crippen LogP contribution in [-0.2, 0) is 21.2 Å². The predicted molar refractivity (Wildman–Crippen MR) is 111 cm³/mol. The lowest BCUT2D eigenvalue weighted by Gasteiger charge is -2.12. The van der Waals surface area contributed by atoms with Gasteiger partial charge in [-0.1, -0.05) is 29.3 Å². The fraction of sp³-hybridized carbons (Fsp3) is 0.316. The first-order valence-corrected chi connectivity index (χ1v) is 10.8. The third kappa shape index (κ3) is 6.10. The van der Waals surface area contributed by atoms with E-state index in [1.54, 1.807) is 30.3 Å². The summed E-state index contributed by atoms with van der Waals surface area (Å²) in [5.74, 6) is 0.391. The summed E-state index contributed by atoms with van der Waals surface area (Å²) in [5, 5.41) is 3.85. The molecule has 0 aliphatic heterocycles. The van der Waals surface area contributed by atoms with Crippen LogP contribution in [0.2, 0.25) is 10.0 Å². The van der Waals surface area contributed by atoms with Crippen molar-refractivity contribution in [2.75, 3.05) is 27.2 Å². The molecule has 0 aliphatic carbocycles. The average Bonchev–Trinajstić information content (AvgIpc) is 2.65. The van der Waals surface area contributed by atoms with Crippen molar-refractivity contribution in [3.63, 3.8) is 0 Å². The third-order valence-electron chi connectivity index (χ3n) is 3.96.